The Labute approximate surface area is 122 Å². The maximum atomic E-state index is 5.30. The van der Waals surface area contributed by atoms with E-state index in [1.807, 2.05) is 0 Å². The standard InChI is InChI=1S/C15H28N4O/c1-11(2)9-15-17-14(18-20-15)10-19(4)13-7-5-12(16-3)6-8-13/h11-13,16H,5-10H2,1-4H3. The molecule has 1 aromatic heterocycles. The highest BCUT2D eigenvalue weighted by Crippen LogP contribution is 2.23. The molecule has 0 saturated heterocycles. The lowest BCUT2D eigenvalue weighted by Gasteiger charge is -2.33. The molecule has 2 rings (SSSR count). The number of nitrogens with zero attached hydrogens (tertiary/aromatic N) is 3. The van der Waals surface area contributed by atoms with Gasteiger partial charge in [0.05, 0.1) is 6.54 Å². The molecule has 114 valence electrons. The second kappa shape index (κ2) is 7.18. The molecular weight excluding hydrogens is 252 g/mol. The van der Waals surface area contributed by atoms with Gasteiger partial charge in [0.15, 0.2) is 5.82 Å². The highest BCUT2D eigenvalue weighted by atomic mass is 16.5. The highest BCUT2D eigenvalue weighted by Gasteiger charge is 2.24. The third-order valence-corrected chi connectivity index (χ3v) is 4.21. The van der Waals surface area contributed by atoms with Gasteiger partial charge in [-0.05, 0) is 45.7 Å². The molecule has 0 atom stereocenters. The van der Waals surface area contributed by atoms with Crippen molar-refractivity contribution in [1.82, 2.24) is 20.4 Å². The third kappa shape index (κ3) is 4.28. The predicted molar refractivity (Wildman–Crippen MR) is 79.4 cm³/mol. The van der Waals surface area contributed by atoms with Crippen molar-refractivity contribution in [2.24, 2.45) is 5.92 Å². The molecule has 1 aliphatic rings. The molecule has 1 heterocycles. The zero-order chi connectivity index (χ0) is 14.5. The van der Waals surface area contributed by atoms with Crippen LogP contribution in [-0.2, 0) is 13.0 Å². The van der Waals surface area contributed by atoms with Crippen molar-refractivity contribution >= 4 is 0 Å². The summed E-state index contributed by atoms with van der Waals surface area (Å²) in [6.07, 6.45) is 5.88. The summed E-state index contributed by atoms with van der Waals surface area (Å²) in [4.78, 5) is 6.86. The van der Waals surface area contributed by atoms with E-state index in [2.05, 4.69) is 48.3 Å². The van der Waals surface area contributed by atoms with E-state index in [9.17, 15) is 0 Å². The van der Waals surface area contributed by atoms with Gasteiger partial charge in [0, 0.05) is 18.5 Å². The van der Waals surface area contributed by atoms with Crippen LogP contribution in [0.5, 0.6) is 0 Å². The van der Waals surface area contributed by atoms with Gasteiger partial charge in [-0.3, -0.25) is 4.90 Å². The lowest BCUT2D eigenvalue weighted by atomic mass is 9.90. The van der Waals surface area contributed by atoms with Gasteiger partial charge in [0.25, 0.3) is 0 Å². The maximum Gasteiger partial charge on any atom is 0.226 e. The Kier molecular flexibility index (Phi) is 5.54. The fraction of sp³-hybridized carbons (Fsp3) is 0.867. The van der Waals surface area contributed by atoms with Crippen LogP contribution in [-0.4, -0.2) is 41.2 Å². The zero-order valence-electron chi connectivity index (χ0n) is 13.2. The Morgan fingerprint density at radius 3 is 2.60 bits per heavy atom. The van der Waals surface area contributed by atoms with Crippen LogP contribution in [0, 0.1) is 5.92 Å². The molecule has 0 radical (unpaired) electrons. The Balaban J connectivity index is 1.82. The average Bonchev–Trinajstić information content (AvgIpc) is 2.85. The minimum atomic E-state index is 0.554. The Morgan fingerprint density at radius 2 is 2.00 bits per heavy atom. The third-order valence-electron chi connectivity index (χ3n) is 4.21. The predicted octanol–water partition coefficient (Wildman–Crippen LogP) is 2.23. The van der Waals surface area contributed by atoms with Gasteiger partial charge >= 0.3 is 0 Å². The van der Waals surface area contributed by atoms with Gasteiger partial charge in [-0.25, -0.2) is 0 Å². The van der Waals surface area contributed by atoms with E-state index >= 15 is 0 Å². The molecule has 0 amide bonds. The molecule has 0 aromatic carbocycles. The minimum absolute atomic E-state index is 0.554. The topological polar surface area (TPSA) is 54.2 Å². The van der Waals surface area contributed by atoms with Crippen LogP contribution in [0.2, 0.25) is 0 Å². The van der Waals surface area contributed by atoms with Gasteiger partial charge in [0.2, 0.25) is 5.89 Å². The van der Waals surface area contributed by atoms with Crippen LogP contribution >= 0.6 is 0 Å². The van der Waals surface area contributed by atoms with Crippen LogP contribution in [0.4, 0.5) is 0 Å². The summed E-state index contributed by atoms with van der Waals surface area (Å²) >= 11 is 0. The highest BCUT2D eigenvalue weighted by molar-refractivity contribution is 4.89. The Morgan fingerprint density at radius 1 is 1.30 bits per heavy atom. The summed E-state index contributed by atoms with van der Waals surface area (Å²) in [6.45, 7) is 5.11. The van der Waals surface area contributed by atoms with Crippen LogP contribution in [0.3, 0.4) is 0 Å². The quantitative estimate of drug-likeness (QED) is 0.866. The summed E-state index contributed by atoms with van der Waals surface area (Å²) in [6, 6.07) is 1.34. The van der Waals surface area contributed by atoms with Gasteiger partial charge in [-0.15, -0.1) is 0 Å². The van der Waals surface area contributed by atoms with Crippen molar-refractivity contribution in [3.05, 3.63) is 11.7 Å². The molecule has 1 aliphatic carbocycles. The second-order valence-electron chi connectivity index (χ2n) is 6.41. The molecule has 0 bridgehead atoms. The molecular formula is C15H28N4O. The summed E-state index contributed by atoms with van der Waals surface area (Å²) in [5, 5.41) is 7.47. The smallest absolute Gasteiger partial charge is 0.226 e. The summed E-state index contributed by atoms with van der Waals surface area (Å²) in [7, 11) is 4.23. The lowest BCUT2D eigenvalue weighted by Crippen LogP contribution is -2.39. The first kappa shape index (κ1) is 15.4. The second-order valence-corrected chi connectivity index (χ2v) is 6.41. The van der Waals surface area contributed by atoms with E-state index in [0.717, 1.165) is 24.7 Å². The molecule has 20 heavy (non-hydrogen) atoms. The van der Waals surface area contributed by atoms with E-state index < -0.39 is 0 Å². The largest absolute Gasteiger partial charge is 0.339 e. The first-order valence-electron chi connectivity index (χ1n) is 7.77. The summed E-state index contributed by atoms with van der Waals surface area (Å²) in [5.74, 6) is 2.14. The number of aromatic nitrogens is 2. The SMILES string of the molecule is CNC1CCC(N(C)Cc2noc(CC(C)C)n2)CC1. The minimum Gasteiger partial charge on any atom is -0.339 e. The molecule has 1 aromatic rings. The fourth-order valence-corrected chi connectivity index (χ4v) is 2.94. The first-order chi connectivity index (χ1) is 9.58. The van der Waals surface area contributed by atoms with Crippen molar-refractivity contribution in [1.29, 1.82) is 0 Å². The van der Waals surface area contributed by atoms with E-state index in [0.29, 0.717) is 18.0 Å². The van der Waals surface area contributed by atoms with Crippen molar-refractivity contribution in [2.75, 3.05) is 14.1 Å². The van der Waals surface area contributed by atoms with Crippen molar-refractivity contribution < 1.29 is 4.52 Å². The normalized spacial score (nSPS) is 23.7. The molecule has 5 nitrogen and oxygen atoms in total. The van der Waals surface area contributed by atoms with Crippen LogP contribution in [0.25, 0.3) is 0 Å². The molecule has 1 N–H and O–H groups in total. The number of nitrogens with one attached hydrogen (secondary N) is 1. The van der Waals surface area contributed by atoms with Gasteiger partial charge in [-0.2, -0.15) is 4.98 Å². The lowest BCUT2D eigenvalue weighted by molar-refractivity contribution is 0.165. The Bertz CT molecular complexity index is 396. The van der Waals surface area contributed by atoms with Crippen LogP contribution in [0.15, 0.2) is 4.52 Å². The van der Waals surface area contributed by atoms with Gasteiger partial charge < -0.3 is 9.84 Å². The maximum absolute atomic E-state index is 5.30. The number of rotatable bonds is 6. The average molecular weight is 280 g/mol. The van der Waals surface area contributed by atoms with E-state index in [1.165, 1.54) is 25.7 Å². The summed E-state index contributed by atoms with van der Waals surface area (Å²) < 4.78 is 5.30. The van der Waals surface area contributed by atoms with Gasteiger partial charge in [0.1, 0.15) is 0 Å². The zero-order valence-corrected chi connectivity index (χ0v) is 13.2. The molecule has 5 heteroatoms. The monoisotopic (exact) mass is 280 g/mol. The number of hydrogen-bond acceptors (Lipinski definition) is 5. The molecule has 0 unspecified atom stereocenters. The van der Waals surface area contributed by atoms with Crippen molar-refractivity contribution in [2.45, 2.75) is 64.6 Å². The Hall–Kier alpha value is -0.940. The van der Waals surface area contributed by atoms with Crippen molar-refractivity contribution in [3.63, 3.8) is 0 Å². The molecule has 1 fully saturated rings. The number of hydrogen-bond donors (Lipinski definition) is 1. The first-order valence-corrected chi connectivity index (χ1v) is 7.77. The van der Waals surface area contributed by atoms with Crippen LogP contribution < -0.4 is 5.32 Å². The fourth-order valence-electron chi connectivity index (χ4n) is 2.94. The van der Waals surface area contributed by atoms with Crippen LogP contribution in [0.1, 0.15) is 51.2 Å². The van der Waals surface area contributed by atoms with E-state index in [4.69, 9.17) is 4.52 Å². The van der Waals surface area contributed by atoms with E-state index in [1.54, 1.807) is 0 Å². The van der Waals surface area contributed by atoms with E-state index in [-0.39, 0.29) is 0 Å². The van der Waals surface area contributed by atoms with Crippen molar-refractivity contribution in [3.8, 4) is 0 Å². The molecule has 0 aliphatic heterocycles. The summed E-state index contributed by atoms with van der Waals surface area (Å²) in [5.41, 5.74) is 0. The van der Waals surface area contributed by atoms with Gasteiger partial charge in [-0.1, -0.05) is 19.0 Å². The molecule has 0 spiro atoms. The molecule has 1 saturated carbocycles.